The quantitative estimate of drug-likeness (QED) is 0.784. The molecule has 1 aliphatic rings. The van der Waals surface area contributed by atoms with Crippen LogP contribution in [0.5, 0.6) is 5.75 Å². The summed E-state index contributed by atoms with van der Waals surface area (Å²) < 4.78 is 18.5. The molecule has 0 spiro atoms. The second-order valence-corrected chi connectivity index (χ2v) is 4.49. The minimum Gasteiger partial charge on any atom is -0.494 e. The molecule has 1 aromatic carbocycles. The van der Waals surface area contributed by atoms with Gasteiger partial charge in [0.2, 0.25) is 5.91 Å². The zero-order valence-corrected chi connectivity index (χ0v) is 10.6. The van der Waals surface area contributed by atoms with Gasteiger partial charge in [0, 0.05) is 6.07 Å². The number of hydrogen-bond donors (Lipinski definition) is 0. The van der Waals surface area contributed by atoms with Gasteiger partial charge in [-0.2, -0.15) is 0 Å². The third-order valence-electron chi connectivity index (χ3n) is 2.50. The summed E-state index contributed by atoms with van der Waals surface area (Å²) in [5.74, 6) is -0.707. The number of hydrogen-bond acceptors (Lipinski definition) is 3. The molecule has 0 aromatic heterocycles. The smallest absolute Gasteiger partial charge is 0.235 e. The molecule has 0 aliphatic carbocycles. The van der Waals surface area contributed by atoms with Gasteiger partial charge in [0.1, 0.15) is 11.6 Å². The molecule has 90 valence electrons. The number of carbonyl (C=O) groups excluding carboxylic acids is 2. The van der Waals surface area contributed by atoms with E-state index < -0.39 is 5.82 Å². The molecule has 0 atom stereocenters. The average molecular weight is 302 g/mol. The number of ether oxygens (including phenoxy) is 1. The molecule has 0 N–H and O–H groups in total. The van der Waals surface area contributed by atoms with Gasteiger partial charge in [0.25, 0.3) is 0 Å². The second kappa shape index (κ2) is 4.44. The zero-order chi connectivity index (χ0) is 12.6. The minimum atomic E-state index is -0.483. The third kappa shape index (κ3) is 2.17. The maximum atomic E-state index is 13.3. The van der Waals surface area contributed by atoms with E-state index in [0.29, 0.717) is 5.69 Å². The van der Waals surface area contributed by atoms with Gasteiger partial charge < -0.3 is 9.64 Å². The van der Waals surface area contributed by atoms with E-state index in [1.54, 1.807) is 0 Å². The lowest BCUT2D eigenvalue weighted by molar-refractivity contribution is -0.121. The van der Waals surface area contributed by atoms with Gasteiger partial charge in [0.05, 0.1) is 30.2 Å². The maximum Gasteiger partial charge on any atom is 0.235 e. The third-order valence-corrected chi connectivity index (χ3v) is 3.10. The Balaban J connectivity index is 2.47. The summed E-state index contributed by atoms with van der Waals surface area (Å²) in [4.78, 5) is 24.1. The molecule has 0 unspecified atom stereocenters. The van der Waals surface area contributed by atoms with Crippen LogP contribution >= 0.6 is 15.9 Å². The molecule has 0 bridgehead atoms. The number of anilines is 1. The Kier molecular flexibility index (Phi) is 3.15. The first-order valence-corrected chi connectivity index (χ1v) is 5.67. The van der Waals surface area contributed by atoms with Gasteiger partial charge in [-0.05, 0) is 22.0 Å². The molecule has 1 aromatic rings. The number of amides is 1. The number of ketones is 1. The van der Waals surface area contributed by atoms with Crippen molar-refractivity contribution in [1.29, 1.82) is 0 Å². The van der Waals surface area contributed by atoms with E-state index in [0.717, 1.165) is 0 Å². The highest BCUT2D eigenvalue weighted by atomic mass is 79.9. The highest BCUT2D eigenvalue weighted by Gasteiger charge is 2.31. The number of Topliss-reactive ketones (excluding diaryl/α,β-unsaturated/α-hetero) is 1. The van der Waals surface area contributed by atoms with Crippen LogP contribution in [0.4, 0.5) is 10.1 Å². The zero-order valence-electron chi connectivity index (χ0n) is 9.00. The molecule has 4 nitrogen and oxygen atoms in total. The summed E-state index contributed by atoms with van der Waals surface area (Å²) >= 11 is 3.04. The highest BCUT2D eigenvalue weighted by Crippen LogP contribution is 2.35. The number of carbonyl (C=O) groups is 2. The Morgan fingerprint density at radius 3 is 2.65 bits per heavy atom. The van der Waals surface area contributed by atoms with E-state index in [2.05, 4.69) is 15.9 Å². The lowest BCUT2D eigenvalue weighted by Gasteiger charge is -2.18. The predicted molar refractivity (Wildman–Crippen MR) is 62.6 cm³/mol. The highest BCUT2D eigenvalue weighted by molar-refractivity contribution is 9.10. The van der Waals surface area contributed by atoms with E-state index in [1.807, 2.05) is 0 Å². The molecule has 1 fully saturated rings. The van der Waals surface area contributed by atoms with Gasteiger partial charge >= 0.3 is 0 Å². The lowest BCUT2D eigenvalue weighted by Crippen LogP contribution is -2.25. The van der Waals surface area contributed by atoms with Crippen molar-refractivity contribution in [3.8, 4) is 5.75 Å². The molecule has 1 heterocycles. The van der Waals surface area contributed by atoms with Crippen molar-refractivity contribution in [2.45, 2.75) is 6.42 Å². The summed E-state index contributed by atoms with van der Waals surface area (Å²) in [7, 11) is 1.38. The topological polar surface area (TPSA) is 46.6 Å². The van der Waals surface area contributed by atoms with Crippen LogP contribution in [-0.2, 0) is 9.59 Å². The minimum absolute atomic E-state index is 0.00721. The van der Waals surface area contributed by atoms with Crippen LogP contribution in [0.1, 0.15) is 6.42 Å². The number of methoxy groups -OCH3 is 1. The Morgan fingerprint density at radius 2 is 2.12 bits per heavy atom. The van der Waals surface area contributed by atoms with Crippen LogP contribution < -0.4 is 9.64 Å². The van der Waals surface area contributed by atoms with E-state index in [1.165, 1.54) is 24.1 Å². The fraction of sp³-hybridized carbons (Fsp3) is 0.273. The average Bonchev–Trinajstić information content (AvgIpc) is 2.61. The normalized spacial score (nSPS) is 15.6. The van der Waals surface area contributed by atoms with Crippen LogP contribution in [0.2, 0.25) is 0 Å². The van der Waals surface area contributed by atoms with Crippen LogP contribution in [-0.4, -0.2) is 25.3 Å². The molecule has 0 radical (unpaired) electrons. The number of halogens is 2. The van der Waals surface area contributed by atoms with Crippen molar-refractivity contribution in [2.75, 3.05) is 18.6 Å². The second-order valence-electron chi connectivity index (χ2n) is 3.63. The van der Waals surface area contributed by atoms with Crippen LogP contribution in [0, 0.1) is 5.82 Å². The van der Waals surface area contributed by atoms with Gasteiger partial charge in [-0.25, -0.2) is 4.39 Å². The van der Waals surface area contributed by atoms with E-state index in [4.69, 9.17) is 4.74 Å². The number of nitrogens with zero attached hydrogens (tertiary/aromatic N) is 1. The number of benzene rings is 1. The Hall–Kier alpha value is -1.43. The first-order valence-electron chi connectivity index (χ1n) is 4.88. The van der Waals surface area contributed by atoms with Crippen molar-refractivity contribution >= 4 is 33.3 Å². The standard InChI is InChI=1S/C11H9BrFNO3/c1-17-10-4-8(13)7(12)3-9(10)14-5-6(15)2-11(14)16/h3-4H,2,5H2,1H3. The molecule has 1 saturated heterocycles. The largest absolute Gasteiger partial charge is 0.494 e. The molecular weight excluding hydrogens is 293 g/mol. The Bertz CT molecular complexity index is 504. The van der Waals surface area contributed by atoms with Crippen molar-refractivity contribution in [1.82, 2.24) is 0 Å². The SMILES string of the molecule is COc1cc(F)c(Br)cc1N1CC(=O)CC1=O. The first-order chi connectivity index (χ1) is 8.02. The van der Waals surface area contributed by atoms with Crippen molar-refractivity contribution in [3.63, 3.8) is 0 Å². The summed E-state index contributed by atoms with van der Waals surface area (Å²) in [6, 6.07) is 2.61. The van der Waals surface area contributed by atoms with E-state index in [-0.39, 0.29) is 34.9 Å². The van der Waals surface area contributed by atoms with Gasteiger partial charge in [-0.3, -0.25) is 9.59 Å². The molecule has 1 amide bonds. The van der Waals surface area contributed by atoms with Crippen LogP contribution in [0.3, 0.4) is 0 Å². The van der Waals surface area contributed by atoms with Crippen molar-refractivity contribution < 1.29 is 18.7 Å². The maximum absolute atomic E-state index is 13.3. The Labute approximate surface area is 105 Å². The summed E-state index contributed by atoms with van der Waals surface area (Å²) in [5.41, 5.74) is 0.400. The molecule has 17 heavy (non-hydrogen) atoms. The molecule has 2 rings (SSSR count). The monoisotopic (exact) mass is 301 g/mol. The van der Waals surface area contributed by atoms with Gasteiger partial charge in [-0.15, -0.1) is 0 Å². The number of rotatable bonds is 2. The van der Waals surface area contributed by atoms with E-state index >= 15 is 0 Å². The van der Waals surface area contributed by atoms with Crippen molar-refractivity contribution in [3.05, 3.63) is 22.4 Å². The van der Waals surface area contributed by atoms with Crippen LogP contribution in [0.15, 0.2) is 16.6 Å². The fourth-order valence-corrected chi connectivity index (χ4v) is 2.03. The summed E-state index contributed by atoms with van der Waals surface area (Å²) in [5, 5.41) is 0. The Morgan fingerprint density at radius 1 is 1.41 bits per heavy atom. The summed E-state index contributed by atoms with van der Waals surface area (Å²) in [6.07, 6.45) is -0.113. The summed E-state index contributed by atoms with van der Waals surface area (Å²) in [6.45, 7) is 0.00721. The first kappa shape index (κ1) is 12.0. The van der Waals surface area contributed by atoms with E-state index in [9.17, 15) is 14.0 Å². The van der Waals surface area contributed by atoms with Gasteiger partial charge in [0.15, 0.2) is 5.78 Å². The van der Waals surface area contributed by atoms with Crippen LogP contribution in [0.25, 0.3) is 0 Å². The lowest BCUT2D eigenvalue weighted by atomic mass is 10.2. The van der Waals surface area contributed by atoms with Gasteiger partial charge in [-0.1, -0.05) is 0 Å². The fourth-order valence-electron chi connectivity index (χ4n) is 1.70. The molecule has 1 aliphatic heterocycles. The molecule has 0 saturated carbocycles. The molecule has 6 heteroatoms. The molecular formula is C11H9BrFNO3. The van der Waals surface area contributed by atoms with Crippen molar-refractivity contribution in [2.24, 2.45) is 0 Å². The predicted octanol–water partition coefficient (Wildman–Crippen LogP) is 1.90.